The summed E-state index contributed by atoms with van der Waals surface area (Å²) in [7, 11) is 0. The van der Waals surface area contributed by atoms with Gasteiger partial charge < -0.3 is 5.73 Å². The van der Waals surface area contributed by atoms with E-state index in [2.05, 4.69) is 0 Å². The van der Waals surface area contributed by atoms with Crippen molar-refractivity contribution in [3.8, 4) is 0 Å². The fourth-order valence-corrected chi connectivity index (χ4v) is 0.884. The molecule has 2 N–H and O–H groups in total. The van der Waals surface area contributed by atoms with Crippen LogP contribution in [0.5, 0.6) is 0 Å². The van der Waals surface area contributed by atoms with E-state index in [0.717, 1.165) is 0 Å². The van der Waals surface area contributed by atoms with Crippen LogP contribution in [-0.4, -0.2) is 6.04 Å². The lowest BCUT2D eigenvalue weighted by atomic mass is 10.4. The first kappa shape index (κ1) is 13.5. The second-order valence-electron chi connectivity index (χ2n) is 3.01. The van der Waals surface area contributed by atoms with E-state index in [1.807, 2.05) is 27.7 Å². The van der Waals surface area contributed by atoms with Crippen molar-refractivity contribution in [1.29, 1.82) is 0 Å². The molecule has 1 rings (SSSR count). The fraction of sp³-hybridized carbons (Fsp3) is 1.00. The topological polar surface area (TPSA) is 26.0 Å². The quantitative estimate of drug-likeness (QED) is 0.576. The maximum absolute atomic E-state index is 5.11. The highest BCUT2D eigenvalue weighted by atomic mass is 14.6. The van der Waals surface area contributed by atoms with Gasteiger partial charge in [-0.3, -0.25) is 0 Å². The summed E-state index contributed by atoms with van der Waals surface area (Å²) in [6.07, 6.45) is 7.50. The molecule has 0 unspecified atom stereocenters. The van der Waals surface area contributed by atoms with Crippen LogP contribution in [0.25, 0.3) is 0 Å². The minimum Gasteiger partial charge on any atom is -0.328 e. The van der Waals surface area contributed by atoms with Crippen molar-refractivity contribution >= 4 is 0 Å². The molecule has 0 saturated heterocycles. The van der Waals surface area contributed by atoms with Crippen LogP contribution in [-0.2, 0) is 0 Å². The van der Waals surface area contributed by atoms with Crippen molar-refractivity contribution in [1.82, 2.24) is 0 Å². The van der Waals surface area contributed by atoms with Crippen LogP contribution < -0.4 is 5.73 Å². The Kier molecular flexibility index (Phi) is 15.5. The van der Waals surface area contributed by atoms with Crippen molar-refractivity contribution in [2.45, 2.75) is 65.8 Å². The largest absolute Gasteiger partial charge is 0.328 e. The fourth-order valence-electron chi connectivity index (χ4n) is 0.884. The second-order valence-corrected chi connectivity index (χ2v) is 3.01. The summed E-state index contributed by atoms with van der Waals surface area (Å²) in [5, 5.41) is 0. The molecule has 1 fully saturated rings. The Bertz CT molecular complexity index is 36.5. The molecular weight excluding hydrogens is 134 g/mol. The molecule has 0 spiro atoms. The molecule has 1 aliphatic rings. The molecule has 1 aliphatic carbocycles. The Morgan fingerprint density at radius 2 is 0.909 bits per heavy atom. The summed E-state index contributed by atoms with van der Waals surface area (Å²) in [5.74, 6) is 0. The van der Waals surface area contributed by atoms with Crippen molar-refractivity contribution in [3.63, 3.8) is 0 Å². The Morgan fingerprint density at radius 1 is 0.818 bits per heavy atom. The lowest BCUT2D eigenvalue weighted by Crippen LogP contribution is -2.06. The lowest BCUT2D eigenvalue weighted by molar-refractivity contribution is 0.834. The van der Waals surface area contributed by atoms with E-state index in [1.165, 1.54) is 32.1 Å². The van der Waals surface area contributed by atoms with Gasteiger partial charge in [-0.2, -0.15) is 0 Å². The van der Waals surface area contributed by atoms with Crippen LogP contribution in [0.1, 0.15) is 59.8 Å². The van der Waals surface area contributed by atoms with Gasteiger partial charge in [0.2, 0.25) is 0 Å². The highest BCUT2D eigenvalue weighted by molar-refractivity contribution is 4.51. The van der Waals surface area contributed by atoms with E-state index < -0.39 is 0 Å². The average Bonchev–Trinajstić information content (AvgIpc) is 2.44. The van der Waals surface area contributed by atoms with Crippen LogP contribution in [0.15, 0.2) is 0 Å². The molecule has 1 heteroatoms. The van der Waals surface area contributed by atoms with E-state index >= 15 is 0 Å². The third-order valence-corrected chi connectivity index (χ3v) is 1.25. The molecule has 0 bridgehead atoms. The molecule has 0 aromatic rings. The maximum atomic E-state index is 5.11. The molecule has 0 radical (unpaired) electrons. The molecular formula is C10H25N. The van der Waals surface area contributed by atoms with Crippen molar-refractivity contribution in [3.05, 3.63) is 0 Å². The molecule has 0 aromatic heterocycles. The standard InChI is InChI=1S/C5H10.C3H9N.C2H6/c1-2-4-5-3-1;1-3(2)4;1-2/h1-5H2;3H,4H2,1-2H3;1-2H3. The normalized spacial score (nSPS) is 14.7. The van der Waals surface area contributed by atoms with Gasteiger partial charge in [-0.15, -0.1) is 0 Å². The summed E-state index contributed by atoms with van der Waals surface area (Å²) >= 11 is 0. The van der Waals surface area contributed by atoms with E-state index in [9.17, 15) is 0 Å². The predicted octanol–water partition coefficient (Wildman–Crippen LogP) is 3.33. The zero-order valence-corrected chi connectivity index (χ0v) is 8.69. The second kappa shape index (κ2) is 12.6. The van der Waals surface area contributed by atoms with Gasteiger partial charge in [-0.1, -0.05) is 59.8 Å². The third kappa shape index (κ3) is 25.7. The highest BCUT2D eigenvalue weighted by Crippen LogP contribution is 2.15. The molecule has 0 aromatic carbocycles. The minimum atomic E-state index is 0.333. The first-order valence-electron chi connectivity index (χ1n) is 4.99. The molecule has 11 heavy (non-hydrogen) atoms. The summed E-state index contributed by atoms with van der Waals surface area (Å²) in [6, 6.07) is 0.333. The summed E-state index contributed by atoms with van der Waals surface area (Å²) in [5.41, 5.74) is 5.11. The first-order chi connectivity index (χ1) is 5.23. The average molecular weight is 159 g/mol. The van der Waals surface area contributed by atoms with Gasteiger partial charge in [0, 0.05) is 0 Å². The monoisotopic (exact) mass is 159 g/mol. The van der Waals surface area contributed by atoms with E-state index in [4.69, 9.17) is 5.73 Å². The Hall–Kier alpha value is -0.0400. The maximum Gasteiger partial charge on any atom is -0.00179 e. The van der Waals surface area contributed by atoms with Gasteiger partial charge in [0.1, 0.15) is 0 Å². The van der Waals surface area contributed by atoms with E-state index in [0.29, 0.717) is 6.04 Å². The smallest absolute Gasteiger partial charge is 0.00179 e. The number of hydrogen-bond donors (Lipinski definition) is 1. The van der Waals surface area contributed by atoms with Crippen molar-refractivity contribution in [2.24, 2.45) is 5.73 Å². The number of rotatable bonds is 0. The zero-order chi connectivity index (χ0) is 9.11. The third-order valence-electron chi connectivity index (χ3n) is 1.25. The van der Waals surface area contributed by atoms with Crippen molar-refractivity contribution < 1.29 is 0 Å². The van der Waals surface area contributed by atoms with Gasteiger partial charge in [-0.05, 0) is 6.04 Å². The lowest BCUT2D eigenvalue weighted by Gasteiger charge is -1.81. The summed E-state index contributed by atoms with van der Waals surface area (Å²) < 4.78 is 0. The zero-order valence-electron chi connectivity index (χ0n) is 8.69. The molecule has 0 aliphatic heterocycles. The summed E-state index contributed by atoms with van der Waals surface area (Å²) in [4.78, 5) is 0. The molecule has 0 atom stereocenters. The van der Waals surface area contributed by atoms with Crippen LogP contribution in [0.3, 0.4) is 0 Å². The Balaban J connectivity index is 0. The Morgan fingerprint density at radius 3 is 1.00 bits per heavy atom. The van der Waals surface area contributed by atoms with Gasteiger partial charge in [-0.25, -0.2) is 0 Å². The van der Waals surface area contributed by atoms with Gasteiger partial charge >= 0.3 is 0 Å². The molecule has 0 heterocycles. The number of nitrogens with two attached hydrogens (primary N) is 1. The van der Waals surface area contributed by atoms with Crippen LogP contribution in [0.2, 0.25) is 0 Å². The SMILES string of the molecule is C1CCCC1.CC.CC(C)N. The molecule has 70 valence electrons. The van der Waals surface area contributed by atoms with Gasteiger partial charge in [0.15, 0.2) is 0 Å². The van der Waals surface area contributed by atoms with Gasteiger partial charge in [0.25, 0.3) is 0 Å². The molecule has 0 amide bonds. The van der Waals surface area contributed by atoms with Crippen molar-refractivity contribution in [2.75, 3.05) is 0 Å². The van der Waals surface area contributed by atoms with Crippen LogP contribution in [0, 0.1) is 0 Å². The van der Waals surface area contributed by atoms with E-state index in [-0.39, 0.29) is 0 Å². The Labute approximate surface area is 72.4 Å². The predicted molar refractivity (Wildman–Crippen MR) is 53.8 cm³/mol. The first-order valence-corrected chi connectivity index (χ1v) is 4.99. The molecule has 1 saturated carbocycles. The van der Waals surface area contributed by atoms with Crippen LogP contribution >= 0.6 is 0 Å². The van der Waals surface area contributed by atoms with Gasteiger partial charge in [0.05, 0.1) is 0 Å². The van der Waals surface area contributed by atoms with E-state index in [1.54, 1.807) is 0 Å². The summed E-state index contributed by atoms with van der Waals surface area (Å²) in [6.45, 7) is 7.89. The van der Waals surface area contributed by atoms with Crippen LogP contribution in [0.4, 0.5) is 0 Å². The molecule has 1 nitrogen and oxygen atoms in total. The highest BCUT2D eigenvalue weighted by Gasteiger charge is 1.95. The minimum absolute atomic E-state index is 0.333. The number of hydrogen-bond acceptors (Lipinski definition) is 1.